The molecule has 30 heavy (non-hydrogen) atoms. The van der Waals surface area contributed by atoms with Crippen molar-refractivity contribution in [2.24, 2.45) is 0 Å². The van der Waals surface area contributed by atoms with Crippen molar-refractivity contribution < 1.29 is 17.9 Å². The highest BCUT2D eigenvalue weighted by Gasteiger charge is 2.15. The number of nitrogens with zero attached hydrogens (tertiary/aromatic N) is 1. The molecule has 2 heterocycles. The zero-order valence-electron chi connectivity index (χ0n) is 15.9. The van der Waals surface area contributed by atoms with Gasteiger partial charge in [0.25, 0.3) is 0 Å². The number of halogens is 2. The summed E-state index contributed by atoms with van der Waals surface area (Å²) in [5.74, 6) is -0.0328. The minimum absolute atomic E-state index is 0.0665. The number of fused-ring (bicyclic) bond motifs is 1. The first-order chi connectivity index (χ1) is 14.6. The van der Waals surface area contributed by atoms with Crippen LogP contribution in [0.25, 0.3) is 44.7 Å². The number of methoxy groups -OCH3 is 1. The largest absolute Gasteiger partial charge is 0.496 e. The predicted octanol–water partition coefficient (Wildman–Crippen LogP) is 6.44. The van der Waals surface area contributed by atoms with Crippen LogP contribution in [0.3, 0.4) is 0 Å². The molecule has 0 unspecified atom stereocenters. The number of hydrogen-bond acceptors (Lipinski definition) is 3. The lowest BCUT2D eigenvalue weighted by Crippen LogP contribution is -1.89. The lowest BCUT2D eigenvalue weighted by Gasteiger charge is -2.10. The predicted molar refractivity (Wildman–Crippen MR) is 111 cm³/mol. The number of aromatic amines is 1. The number of hydrogen-bond donors (Lipinski definition) is 1. The lowest BCUT2D eigenvalue weighted by molar-refractivity contribution is 0.416. The fourth-order valence-electron chi connectivity index (χ4n) is 3.62. The molecule has 0 fully saturated rings. The van der Waals surface area contributed by atoms with E-state index < -0.39 is 11.6 Å². The number of ether oxygens (including phenoxy) is 1. The van der Waals surface area contributed by atoms with E-state index in [0.717, 1.165) is 27.6 Å². The van der Waals surface area contributed by atoms with Crippen LogP contribution in [-0.2, 0) is 0 Å². The molecule has 0 aliphatic rings. The quantitative estimate of drug-likeness (QED) is 0.376. The van der Waals surface area contributed by atoms with Gasteiger partial charge in [-0.3, -0.25) is 0 Å². The van der Waals surface area contributed by atoms with Crippen molar-refractivity contribution in [1.29, 1.82) is 0 Å². The Labute approximate surface area is 170 Å². The molecule has 0 bridgehead atoms. The molecule has 3 aromatic carbocycles. The maximum absolute atomic E-state index is 14.2. The second kappa shape index (κ2) is 7.15. The van der Waals surface area contributed by atoms with E-state index in [1.54, 1.807) is 19.4 Å². The zero-order chi connectivity index (χ0) is 20.7. The molecule has 1 N–H and O–H groups in total. The molecule has 0 saturated heterocycles. The Morgan fingerprint density at radius 1 is 0.933 bits per heavy atom. The molecule has 0 spiro atoms. The lowest BCUT2D eigenvalue weighted by atomic mass is 10.0. The molecular weight excluding hydrogens is 386 g/mol. The Balaban J connectivity index is 1.59. The van der Waals surface area contributed by atoms with Crippen molar-refractivity contribution in [3.05, 3.63) is 84.8 Å². The van der Waals surface area contributed by atoms with Gasteiger partial charge in [-0.1, -0.05) is 12.1 Å². The van der Waals surface area contributed by atoms with Crippen molar-refractivity contribution in [1.82, 2.24) is 9.97 Å². The summed E-state index contributed by atoms with van der Waals surface area (Å²) in [4.78, 5) is 7.26. The van der Waals surface area contributed by atoms with E-state index in [1.807, 2.05) is 36.4 Å². The van der Waals surface area contributed by atoms with Crippen molar-refractivity contribution in [2.45, 2.75) is 0 Å². The summed E-state index contributed by atoms with van der Waals surface area (Å²) in [6.07, 6.45) is 3.11. The molecule has 0 radical (unpaired) electrons. The summed E-state index contributed by atoms with van der Waals surface area (Å²) < 4.78 is 39.3. The Morgan fingerprint density at radius 2 is 1.73 bits per heavy atom. The van der Waals surface area contributed by atoms with Crippen LogP contribution in [-0.4, -0.2) is 17.1 Å². The average Bonchev–Trinajstić information content (AvgIpc) is 3.42. The molecule has 0 aliphatic heterocycles. The summed E-state index contributed by atoms with van der Waals surface area (Å²) in [5.41, 5.74) is 3.71. The molecule has 148 valence electrons. The first-order valence-electron chi connectivity index (χ1n) is 9.29. The minimum atomic E-state index is -0.606. The van der Waals surface area contributed by atoms with Crippen LogP contribution in [0.1, 0.15) is 0 Å². The van der Waals surface area contributed by atoms with E-state index in [-0.39, 0.29) is 5.56 Å². The molecule has 0 aliphatic carbocycles. The van der Waals surface area contributed by atoms with Gasteiger partial charge in [-0.2, -0.15) is 0 Å². The fraction of sp³-hybridized carbons (Fsp3) is 0.0417. The average molecular weight is 402 g/mol. The fourth-order valence-corrected chi connectivity index (χ4v) is 3.62. The van der Waals surface area contributed by atoms with Crippen LogP contribution in [0, 0.1) is 11.6 Å². The highest BCUT2D eigenvalue weighted by Crippen LogP contribution is 2.36. The third-order valence-electron chi connectivity index (χ3n) is 5.04. The molecular formula is C24H16F2N2O2. The first-order valence-corrected chi connectivity index (χ1v) is 9.29. The maximum Gasteiger partial charge on any atom is 0.225 e. The van der Waals surface area contributed by atoms with Crippen LogP contribution in [0.2, 0.25) is 0 Å². The van der Waals surface area contributed by atoms with Gasteiger partial charge in [-0.25, -0.2) is 13.8 Å². The topological polar surface area (TPSA) is 51.1 Å². The molecule has 5 rings (SSSR count). The molecule has 6 heteroatoms. The van der Waals surface area contributed by atoms with Crippen molar-refractivity contribution in [3.8, 4) is 39.6 Å². The smallest absolute Gasteiger partial charge is 0.225 e. The number of nitrogens with one attached hydrogen (secondary N) is 1. The van der Waals surface area contributed by atoms with Crippen molar-refractivity contribution in [2.75, 3.05) is 7.11 Å². The zero-order valence-corrected chi connectivity index (χ0v) is 15.9. The van der Waals surface area contributed by atoms with E-state index in [1.165, 1.54) is 24.5 Å². The normalized spacial score (nSPS) is 11.2. The van der Waals surface area contributed by atoms with Gasteiger partial charge < -0.3 is 14.1 Å². The Morgan fingerprint density at radius 3 is 2.47 bits per heavy atom. The molecule has 0 amide bonds. The second-order valence-electron chi connectivity index (χ2n) is 6.83. The summed E-state index contributed by atoms with van der Waals surface area (Å²) in [6, 6.07) is 17.1. The van der Waals surface area contributed by atoms with Crippen molar-refractivity contribution in [3.63, 3.8) is 0 Å². The summed E-state index contributed by atoms with van der Waals surface area (Å²) >= 11 is 0. The van der Waals surface area contributed by atoms with Gasteiger partial charge in [0.2, 0.25) is 5.89 Å². The number of benzene rings is 3. The Bertz CT molecular complexity index is 1340. The summed E-state index contributed by atoms with van der Waals surface area (Å²) in [7, 11) is 1.60. The van der Waals surface area contributed by atoms with Gasteiger partial charge in [-0.05, 0) is 54.1 Å². The van der Waals surface area contributed by atoms with Gasteiger partial charge in [0.05, 0.1) is 24.6 Å². The van der Waals surface area contributed by atoms with Gasteiger partial charge in [0, 0.05) is 22.0 Å². The molecule has 0 saturated carbocycles. The molecule has 5 aromatic rings. The maximum atomic E-state index is 14.2. The second-order valence-corrected chi connectivity index (χ2v) is 6.83. The molecule has 0 atom stereocenters. The van der Waals surface area contributed by atoms with Crippen molar-refractivity contribution >= 4 is 10.9 Å². The van der Waals surface area contributed by atoms with E-state index >= 15 is 0 Å². The SMILES string of the molecule is COc1cc(-c2ncco2)ccc1-c1ccc2[nH]c(-c3c(F)cccc3F)cc2c1. The summed E-state index contributed by atoms with van der Waals surface area (Å²) in [6.45, 7) is 0. The molecule has 2 aromatic heterocycles. The number of H-pyrrole nitrogens is 1. The van der Waals surface area contributed by atoms with Crippen LogP contribution >= 0.6 is 0 Å². The highest BCUT2D eigenvalue weighted by molar-refractivity contribution is 5.90. The van der Waals surface area contributed by atoms with Crippen LogP contribution in [0.15, 0.2) is 77.5 Å². The number of rotatable bonds is 4. The Kier molecular flexibility index (Phi) is 4.32. The van der Waals surface area contributed by atoms with Crippen LogP contribution < -0.4 is 4.74 Å². The minimum Gasteiger partial charge on any atom is -0.496 e. The van der Waals surface area contributed by atoms with Gasteiger partial charge >= 0.3 is 0 Å². The van der Waals surface area contributed by atoms with Gasteiger partial charge in [-0.15, -0.1) is 0 Å². The third-order valence-corrected chi connectivity index (χ3v) is 5.04. The van der Waals surface area contributed by atoms with Crippen LogP contribution in [0.4, 0.5) is 8.78 Å². The van der Waals surface area contributed by atoms with E-state index in [4.69, 9.17) is 9.15 Å². The number of oxazole rings is 1. The standard InChI is InChI=1S/C24H16F2N2O2/c1-29-22-13-15(24-27-9-10-30-24)5-7-17(22)14-6-8-20-16(11-14)12-21(28-20)23-18(25)3-2-4-19(23)26/h2-13,28H,1H3. The van der Waals surface area contributed by atoms with Crippen LogP contribution in [0.5, 0.6) is 5.75 Å². The number of aromatic nitrogens is 2. The third kappa shape index (κ3) is 3.03. The molecule has 4 nitrogen and oxygen atoms in total. The van der Waals surface area contributed by atoms with E-state index in [9.17, 15) is 8.78 Å². The van der Waals surface area contributed by atoms with Gasteiger partial charge in [0.1, 0.15) is 23.6 Å². The Hall–Kier alpha value is -3.93. The van der Waals surface area contributed by atoms with Gasteiger partial charge in [0.15, 0.2) is 0 Å². The highest BCUT2D eigenvalue weighted by atomic mass is 19.1. The van der Waals surface area contributed by atoms with E-state index in [2.05, 4.69) is 9.97 Å². The summed E-state index contributed by atoms with van der Waals surface area (Å²) in [5, 5.41) is 0.837. The monoisotopic (exact) mass is 402 g/mol. The van der Waals surface area contributed by atoms with E-state index in [0.29, 0.717) is 17.3 Å². The first kappa shape index (κ1) is 18.1.